The Morgan fingerprint density at radius 2 is 1.71 bits per heavy atom. The van der Waals surface area contributed by atoms with Gasteiger partial charge in [-0.2, -0.15) is 5.26 Å². The lowest BCUT2D eigenvalue weighted by Gasteiger charge is -2.26. The number of methoxy groups -OCH3 is 1. The summed E-state index contributed by atoms with van der Waals surface area (Å²) in [6.07, 6.45) is -0.239. The van der Waals surface area contributed by atoms with Crippen molar-refractivity contribution in [3.8, 4) is 22.9 Å². The normalized spacial score (nSPS) is 10.7. The van der Waals surface area contributed by atoms with Crippen LogP contribution < -0.4 is 20.6 Å². The predicted octanol–water partition coefficient (Wildman–Crippen LogP) is 3.72. The fourth-order valence-electron chi connectivity index (χ4n) is 2.96. The first kappa shape index (κ1) is 21.2. The maximum Gasteiger partial charge on any atom is 0.238 e. The Morgan fingerprint density at radius 1 is 1.07 bits per heavy atom. The maximum atomic E-state index is 12.3. The van der Waals surface area contributed by atoms with Crippen molar-refractivity contribution in [2.45, 2.75) is 33.0 Å². The van der Waals surface area contributed by atoms with Gasteiger partial charge in [-0.1, -0.05) is 37.8 Å². The van der Waals surface area contributed by atoms with E-state index in [1.165, 1.54) is 6.92 Å². The third-order valence-corrected chi connectivity index (χ3v) is 6.24. The Labute approximate surface area is 166 Å². The van der Waals surface area contributed by atoms with Crippen molar-refractivity contribution < 1.29 is 14.3 Å². The molecule has 0 atom stereocenters. The molecule has 0 spiro atoms. The van der Waals surface area contributed by atoms with Crippen molar-refractivity contribution in [2.75, 3.05) is 17.7 Å². The van der Waals surface area contributed by atoms with Crippen molar-refractivity contribution in [3.63, 3.8) is 0 Å². The molecule has 2 aromatic rings. The van der Waals surface area contributed by atoms with Crippen LogP contribution in [0.25, 0.3) is 11.1 Å². The first-order chi connectivity index (χ1) is 13.2. The number of carbonyl (C=O) groups is 2. The molecule has 0 bridgehead atoms. The average Bonchev–Trinajstić information content (AvgIpc) is 2.61. The van der Waals surface area contributed by atoms with Gasteiger partial charge in [-0.25, -0.2) is 0 Å². The first-order valence-corrected chi connectivity index (χ1v) is 12.4. The number of ether oxygens (including phenoxy) is 1. The summed E-state index contributed by atoms with van der Waals surface area (Å²) in [5.74, 6) is 0.128. The molecule has 6 nitrogen and oxygen atoms in total. The number of anilines is 2. The van der Waals surface area contributed by atoms with Gasteiger partial charge in [-0.05, 0) is 28.9 Å². The van der Waals surface area contributed by atoms with Gasteiger partial charge < -0.3 is 15.4 Å². The van der Waals surface area contributed by atoms with Crippen molar-refractivity contribution in [2.24, 2.45) is 0 Å². The lowest BCUT2D eigenvalue weighted by atomic mass is 10.0. The monoisotopic (exact) mass is 395 g/mol. The second-order valence-corrected chi connectivity index (χ2v) is 12.5. The topological polar surface area (TPSA) is 91.2 Å². The van der Waals surface area contributed by atoms with Gasteiger partial charge in [0.2, 0.25) is 11.8 Å². The van der Waals surface area contributed by atoms with Crippen molar-refractivity contribution >= 4 is 36.4 Å². The van der Waals surface area contributed by atoms with Gasteiger partial charge in [-0.3, -0.25) is 9.59 Å². The van der Waals surface area contributed by atoms with Gasteiger partial charge in [0.25, 0.3) is 0 Å². The van der Waals surface area contributed by atoms with E-state index in [0.717, 1.165) is 16.3 Å². The van der Waals surface area contributed by atoms with Crippen LogP contribution in [0.1, 0.15) is 13.3 Å². The van der Waals surface area contributed by atoms with Gasteiger partial charge >= 0.3 is 0 Å². The summed E-state index contributed by atoms with van der Waals surface area (Å²) in [6.45, 7) is 7.98. The molecule has 0 fully saturated rings. The SMILES string of the molecule is COc1ccc(-c2c(NC(C)=O)ccc([Si](C)(C)C)c2NC(=O)CC#N)cc1. The second-order valence-electron chi connectivity index (χ2n) is 7.45. The van der Waals surface area contributed by atoms with Crippen LogP contribution in [-0.4, -0.2) is 27.0 Å². The zero-order valence-electron chi connectivity index (χ0n) is 16.8. The molecule has 0 saturated heterocycles. The van der Waals surface area contributed by atoms with Crippen LogP contribution in [-0.2, 0) is 9.59 Å². The van der Waals surface area contributed by atoms with Crippen LogP contribution in [0.4, 0.5) is 11.4 Å². The minimum atomic E-state index is -1.85. The van der Waals surface area contributed by atoms with Crippen LogP contribution in [0.2, 0.25) is 19.6 Å². The molecule has 0 saturated carbocycles. The zero-order chi connectivity index (χ0) is 20.9. The minimum absolute atomic E-state index is 0.204. The zero-order valence-corrected chi connectivity index (χ0v) is 17.8. The van der Waals surface area contributed by atoms with Gasteiger partial charge in [-0.15, -0.1) is 0 Å². The molecule has 0 heterocycles. The smallest absolute Gasteiger partial charge is 0.238 e. The molecule has 0 aromatic heterocycles. The molecule has 0 unspecified atom stereocenters. The molecule has 0 aliphatic carbocycles. The quantitative estimate of drug-likeness (QED) is 0.729. The third-order valence-electron chi connectivity index (χ3n) is 4.21. The van der Waals surface area contributed by atoms with Crippen LogP contribution in [0.15, 0.2) is 36.4 Å². The third kappa shape index (κ3) is 4.99. The van der Waals surface area contributed by atoms with E-state index in [1.807, 2.05) is 42.5 Å². The summed E-state index contributed by atoms with van der Waals surface area (Å²) in [5, 5.41) is 15.7. The number of rotatable bonds is 6. The Hall–Kier alpha value is -3.11. The van der Waals surface area contributed by atoms with E-state index in [0.29, 0.717) is 17.1 Å². The standard InChI is InChI=1S/C21H25N3O3Si/c1-14(25)23-17-10-11-18(28(3,4)5)21(24-19(26)12-13-22)20(17)15-6-8-16(27-2)9-7-15/h6-11H,12H2,1-5H3,(H,23,25)(H,24,26). The molecule has 0 aliphatic heterocycles. The van der Waals surface area contributed by atoms with Crippen molar-refractivity contribution in [1.82, 2.24) is 0 Å². The largest absolute Gasteiger partial charge is 0.497 e. The Morgan fingerprint density at radius 3 is 2.21 bits per heavy atom. The number of nitrogens with one attached hydrogen (secondary N) is 2. The molecule has 7 heteroatoms. The highest BCUT2D eigenvalue weighted by atomic mass is 28.3. The Kier molecular flexibility index (Phi) is 6.60. The minimum Gasteiger partial charge on any atom is -0.497 e. The number of carbonyl (C=O) groups excluding carboxylic acids is 2. The average molecular weight is 396 g/mol. The molecule has 2 N–H and O–H groups in total. The van der Waals surface area contributed by atoms with Crippen molar-refractivity contribution in [3.05, 3.63) is 36.4 Å². The highest BCUT2D eigenvalue weighted by Crippen LogP contribution is 2.36. The lowest BCUT2D eigenvalue weighted by Crippen LogP contribution is -2.40. The Bertz CT molecular complexity index is 926. The summed E-state index contributed by atoms with van der Waals surface area (Å²) in [6, 6.07) is 13.1. The number of amides is 2. The number of nitrogens with zero attached hydrogens (tertiary/aromatic N) is 1. The fraction of sp³-hybridized carbons (Fsp3) is 0.286. The molecular weight excluding hydrogens is 370 g/mol. The molecular formula is C21H25N3O3Si. The molecule has 146 valence electrons. The first-order valence-electron chi connectivity index (χ1n) is 8.93. The van der Waals surface area contributed by atoms with Crippen LogP contribution in [0.3, 0.4) is 0 Å². The van der Waals surface area contributed by atoms with Gasteiger partial charge in [0, 0.05) is 18.2 Å². The summed E-state index contributed by atoms with van der Waals surface area (Å²) in [7, 11) is -0.253. The highest BCUT2D eigenvalue weighted by Gasteiger charge is 2.26. The van der Waals surface area contributed by atoms with Gasteiger partial charge in [0.05, 0.1) is 26.9 Å². The van der Waals surface area contributed by atoms with E-state index >= 15 is 0 Å². The molecule has 2 amide bonds. The highest BCUT2D eigenvalue weighted by molar-refractivity contribution is 6.90. The Balaban J connectivity index is 2.78. The predicted molar refractivity (Wildman–Crippen MR) is 115 cm³/mol. The van der Waals surface area contributed by atoms with E-state index in [1.54, 1.807) is 7.11 Å². The second kappa shape index (κ2) is 8.72. The summed E-state index contributed by atoms with van der Waals surface area (Å²) < 4.78 is 5.24. The van der Waals surface area contributed by atoms with Crippen LogP contribution >= 0.6 is 0 Å². The molecule has 2 aromatic carbocycles. The van der Waals surface area contributed by atoms with E-state index < -0.39 is 8.07 Å². The number of hydrogen-bond donors (Lipinski definition) is 2. The lowest BCUT2D eigenvalue weighted by molar-refractivity contribution is -0.115. The number of benzene rings is 2. The maximum absolute atomic E-state index is 12.3. The van der Waals surface area contributed by atoms with E-state index in [2.05, 4.69) is 30.3 Å². The van der Waals surface area contributed by atoms with E-state index in [9.17, 15) is 9.59 Å². The molecule has 0 radical (unpaired) electrons. The van der Waals surface area contributed by atoms with Crippen LogP contribution in [0.5, 0.6) is 5.75 Å². The molecule has 0 aliphatic rings. The molecule has 2 rings (SSSR count). The summed E-state index contributed by atoms with van der Waals surface area (Å²) in [5.41, 5.74) is 2.81. The van der Waals surface area contributed by atoms with Gasteiger partial charge in [0.15, 0.2) is 0 Å². The van der Waals surface area contributed by atoms with Gasteiger partial charge in [0.1, 0.15) is 12.2 Å². The van der Waals surface area contributed by atoms with Crippen LogP contribution in [0, 0.1) is 11.3 Å². The molecule has 28 heavy (non-hydrogen) atoms. The fourth-order valence-corrected chi connectivity index (χ4v) is 4.49. The van der Waals surface area contributed by atoms with E-state index in [-0.39, 0.29) is 18.2 Å². The number of hydrogen-bond acceptors (Lipinski definition) is 4. The van der Waals surface area contributed by atoms with Crippen molar-refractivity contribution in [1.29, 1.82) is 5.26 Å². The summed E-state index contributed by atoms with van der Waals surface area (Å²) >= 11 is 0. The summed E-state index contributed by atoms with van der Waals surface area (Å²) in [4.78, 5) is 24.0. The van der Waals surface area contributed by atoms with E-state index in [4.69, 9.17) is 10.00 Å². The number of nitriles is 1.